The van der Waals surface area contributed by atoms with Gasteiger partial charge >= 0.3 is 0 Å². The van der Waals surface area contributed by atoms with Gasteiger partial charge in [-0.15, -0.1) is 0 Å². The molecule has 0 amide bonds. The molecule has 0 heterocycles. The molecular formula is C18H33NO. The fourth-order valence-corrected chi connectivity index (χ4v) is 3.73. The number of ether oxygens (including phenoxy) is 1. The van der Waals surface area contributed by atoms with Crippen LogP contribution in [-0.4, -0.2) is 12.7 Å². The van der Waals surface area contributed by atoms with E-state index < -0.39 is 0 Å². The van der Waals surface area contributed by atoms with Gasteiger partial charge < -0.3 is 4.74 Å². The molecule has 2 rings (SSSR count). The van der Waals surface area contributed by atoms with Crippen molar-refractivity contribution in [3.8, 4) is 6.07 Å². The van der Waals surface area contributed by atoms with E-state index >= 15 is 0 Å². The minimum atomic E-state index is 0.352. The van der Waals surface area contributed by atoms with Crippen LogP contribution in [0.4, 0.5) is 0 Å². The predicted molar refractivity (Wildman–Crippen MR) is 84.4 cm³/mol. The summed E-state index contributed by atoms with van der Waals surface area (Å²) in [5, 5.41) is 8.94. The van der Waals surface area contributed by atoms with E-state index in [9.17, 15) is 0 Å². The molecule has 0 aliphatic heterocycles. The van der Waals surface area contributed by atoms with Crippen LogP contribution in [0.5, 0.6) is 0 Å². The monoisotopic (exact) mass is 279 g/mol. The molecule has 0 atom stereocenters. The topological polar surface area (TPSA) is 33.0 Å². The number of hydrogen-bond acceptors (Lipinski definition) is 2. The molecule has 2 aliphatic carbocycles. The summed E-state index contributed by atoms with van der Waals surface area (Å²) in [5.74, 6) is 2.18. The van der Waals surface area contributed by atoms with E-state index in [2.05, 4.69) is 13.0 Å². The lowest BCUT2D eigenvalue weighted by atomic mass is 9.71. The molecule has 0 bridgehead atoms. The van der Waals surface area contributed by atoms with E-state index in [1.54, 1.807) is 0 Å². The quantitative estimate of drug-likeness (QED) is 0.697. The lowest BCUT2D eigenvalue weighted by Crippen LogP contribution is -2.28. The molecule has 2 heteroatoms. The van der Waals surface area contributed by atoms with Gasteiger partial charge in [-0.1, -0.05) is 20.8 Å². The highest BCUT2D eigenvalue weighted by Gasteiger charge is 2.30. The molecule has 0 N–H and O–H groups in total. The average molecular weight is 279 g/mol. The van der Waals surface area contributed by atoms with Crippen LogP contribution in [0.15, 0.2) is 0 Å². The molecule has 116 valence electrons. The van der Waals surface area contributed by atoms with Crippen LogP contribution in [0, 0.1) is 29.1 Å². The molecule has 0 unspecified atom stereocenters. The van der Waals surface area contributed by atoms with Crippen LogP contribution in [-0.2, 0) is 4.74 Å². The third-order valence-electron chi connectivity index (χ3n) is 4.90. The molecule has 2 saturated carbocycles. The standard InChI is InChI=1S/C16H27NO.C2H6/c1-2-11-18-16-9-7-15(8-10-16)14-5-3-13(12-17)4-6-14;1-2/h13-16H,2-11H2,1H3;1-2H3. The Morgan fingerprint density at radius 1 is 0.900 bits per heavy atom. The van der Waals surface area contributed by atoms with Crippen LogP contribution in [0.2, 0.25) is 0 Å². The highest BCUT2D eigenvalue weighted by Crippen LogP contribution is 2.40. The lowest BCUT2D eigenvalue weighted by molar-refractivity contribution is 0.00804. The third-order valence-corrected chi connectivity index (χ3v) is 4.90. The summed E-state index contributed by atoms with van der Waals surface area (Å²) >= 11 is 0. The van der Waals surface area contributed by atoms with Crippen molar-refractivity contribution < 1.29 is 4.74 Å². The molecule has 2 nitrogen and oxygen atoms in total. The zero-order valence-corrected chi connectivity index (χ0v) is 13.7. The summed E-state index contributed by atoms with van der Waals surface area (Å²) in [4.78, 5) is 0. The van der Waals surface area contributed by atoms with Crippen LogP contribution in [0.25, 0.3) is 0 Å². The number of hydrogen-bond donors (Lipinski definition) is 0. The zero-order valence-electron chi connectivity index (χ0n) is 13.7. The molecule has 0 aromatic rings. The van der Waals surface area contributed by atoms with Gasteiger partial charge in [0, 0.05) is 12.5 Å². The molecule has 0 aromatic heterocycles. The first-order valence-electron chi connectivity index (χ1n) is 8.84. The molecule has 0 aromatic carbocycles. The van der Waals surface area contributed by atoms with E-state index in [-0.39, 0.29) is 0 Å². The molecule has 0 spiro atoms. The van der Waals surface area contributed by atoms with Gasteiger partial charge in [0.25, 0.3) is 0 Å². The van der Waals surface area contributed by atoms with E-state index in [0.29, 0.717) is 12.0 Å². The van der Waals surface area contributed by atoms with Crippen molar-refractivity contribution in [2.45, 2.75) is 84.7 Å². The van der Waals surface area contributed by atoms with Crippen molar-refractivity contribution in [1.82, 2.24) is 0 Å². The maximum atomic E-state index is 8.94. The van der Waals surface area contributed by atoms with Gasteiger partial charge in [-0.25, -0.2) is 0 Å². The smallest absolute Gasteiger partial charge is 0.0655 e. The first-order chi connectivity index (χ1) is 9.83. The maximum Gasteiger partial charge on any atom is 0.0655 e. The second-order valence-corrected chi connectivity index (χ2v) is 6.15. The summed E-state index contributed by atoms with van der Waals surface area (Å²) in [6.07, 6.45) is 11.8. The van der Waals surface area contributed by atoms with E-state index in [1.807, 2.05) is 13.8 Å². The molecule has 20 heavy (non-hydrogen) atoms. The zero-order chi connectivity index (χ0) is 14.8. The van der Waals surface area contributed by atoms with Crippen molar-refractivity contribution in [2.75, 3.05) is 6.61 Å². The highest BCUT2D eigenvalue weighted by molar-refractivity contribution is 4.89. The Balaban J connectivity index is 0.000000956. The second-order valence-electron chi connectivity index (χ2n) is 6.15. The Labute approximate surface area is 125 Å². The Hall–Kier alpha value is -0.550. The van der Waals surface area contributed by atoms with Crippen LogP contribution in [0.3, 0.4) is 0 Å². The van der Waals surface area contributed by atoms with Gasteiger partial charge in [0.15, 0.2) is 0 Å². The van der Waals surface area contributed by atoms with Crippen molar-refractivity contribution in [3.63, 3.8) is 0 Å². The predicted octanol–water partition coefficient (Wildman–Crippen LogP) is 5.33. The number of rotatable bonds is 4. The SMILES string of the molecule is CC.CCCOC1CCC(C2CCC(C#N)CC2)CC1. The van der Waals surface area contributed by atoms with Crippen molar-refractivity contribution in [3.05, 3.63) is 0 Å². The van der Waals surface area contributed by atoms with Gasteiger partial charge in [-0.3, -0.25) is 0 Å². The summed E-state index contributed by atoms with van der Waals surface area (Å²) in [5.41, 5.74) is 0. The van der Waals surface area contributed by atoms with Gasteiger partial charge in [0.1, 0.15) is 0 Å². The fraction of sp³-hybridized carbons (Fsp3) is 0.944. The molecular weight excluding hydrogens is 246 g/mol. The van der Waals surface area contributed by atoms with E-state index in [4.69, 9.17) is 10.00 Å². The molecule has 2 aliphatic rings. The van der Waals surface area contributed by atoms with E-state index in [0.717, 1.165) is 37.7 Å². The summed E-state index contributed by atoms with van der Waals surface area (Å²) in [7, 11) is 0. The van der Waals surface area contributed by atoms with Crippen LogP contribution in [0.1, 0.15) is 78.6 Å². The lowest BCUT2D eigenvalue weighted by Gasteiger charge is -2.36. The van der Waals surface area contributed by atoms with Crippen molar-refractivity contribution >= 4 is 0 Å². The minimum Gasteiger partial charge on any atom is -0.378 e. The van der Waals surface area contributed by atoms with Gasteiger partial charge in [-0.05, 0) is 69.6 Å². The highest BCUT2D eigenvalue weighted by atomic mass is 16.5. The minimum absolute atomic E-state index is 0.352. The van der Waals surface area contributed by atoms with Crippen LogP contribution < -0.4 is 0 Å². The summed E-state index contributed by atoms with van der Waals surface area (Å²) in [6.45, 7) is 7.11. The number of nitrogens with zero attached hydrogens (tertiary/aromatic N) is 1. The summed E-state index contributed by atoms with van der Waals surface area (Å²) in [6, 6.07) is 2.44. The Morgan fingerprint density at radius 2 is 1.40 bits per heavy atom. The molecule has 2 fully saturated rings. The maximum absolute atomic E-state index is 8.94. The Kier molecular flexibility index (Phi) is 8.94. The average Bonchev–Trinajstić information content (AvgIpc) is 2.55. The first-order valence-corrected chi connectivity index (χ1v) is 8.84. The van der Waals surface area contributed by atoms with E-state index in [1.165, 1.54) is 38.5 Å². The van der Waals surface area contributed by atoms with Crippen LogP contribution >= 0.6 is 0 Å². The normalized spacial score (nSPS) is 33.7. The first kappa shape index (κ1) is 17.5. The number of nitriles is 1. The molecule has 0 radical (unpaired) electrons. The van der Waals surface area contributed by atoms with Gasteiger partial charge in [0.05, 0.1) is 12.2 Å². The molecule has 0 saturated heterocycles. The fourth-order valence-electron chi connectivity index (χ4n) is 3.73. The summed E-state index contributed by atoms with van der Waals surface area (Å²) < 4.78 is 5.86. The Bertz CT molecular complexity index is 268. The second kappa shape index (κ2) is 10.2. The Morgan fingerprint density at radius 3 is 1.85 bits per heavy atom. The van der Waals surface area contributed by atoms with Gasteiger partial charge in [0.2, 0.25) is 0 Å². The van der Waals surface area contributed by atoms with Crippen molar-refractivity contribution in [2.24, 2.45) is 17.8 Å². The van der Waals surface area contributed by atoms with Gasteiger partial charge in [-0.2, -0.15) is 5.26 Å². The third kappa shape index (κ3) is 5.44. The van der Waals surface area contributed by atoms with Crippen molar-refractivity contribution in [1.29, 1.82) is 5.26 Å². The largest absolute Gasteiger partial charge is 0.378 e.